The Morgan fingerprint density at radius 2 is 2.12 bits per heavy atom. The van der Waals surface area contributed by atoms with Crippen LogP contribution < -0.4 is 5.73 Å². The van der Waals surface area contributed by atoms with Gasteiger partial charge in [0.2, 0.25) is 0 Å². The lowest BCUT2D eigenvalue weighted by atomic mass is 10.0. The van der Waals surface area contributed by atoms with E-state index >= 15 is 0 Å². The Kier molecular flexibility index (Phi) is 3.78. The molecule has 8 nitrogen and oxygen atoms in total. The zero-order valence-corrected chi connectivity index (χ0v) is 13.8. The van der Waals surface area contributed by atoms with E-state index in [2.05, 4.69) is 15.0 Å². The number of aliphatic hydroxyl groups excluding tert-OH is 2. The molecule has 0 spiro atoms. The minimum atomic E-state index is -0.882. The molecule has 0 saturated heterocycles. The lowest BCUT2D eigenvalue weighted by molar-refractivity contribution is 0.0139. The molecule has 0 aromatic carbocycles. The summed E-state index contributed by atoms with van der Waals surface area (Å²) in [6.07, 6.45) is 9.45. The van der Waals surface area contributed by atoms with E-state index in [9.17, 15) is 10.2 Å². The van der Waals surface area contributed by atoms with Crippen LogP contribution in [0.5, 0.6) is 0 Å². The molecule has 8 heteroatoms. The van der Waals surface area contributed by atoms with Crippen molar-refractivity contribution < 1.29 is 10.2 Å². The second-order valence-electron chi connectivity index (χ2n) is 6.46. The fourth-order valence-electron chi connectivity index (χ4n) is 3.52. The number of nitrogens with two attached hydrogens (primary N) is 1. The fourth-order valence-corrected chi connectivity index (χ4v) is 3.52. The Bertz CT molecular complexity index is 930. The van der Waals surface area contributed by atoms with E-state index < -0.39 is 12.2 Å². The summed E-state index contributed by atoms with van der Waals surface area (Å²) in [6.45, 7) is 0. The monoisotopic (exact) mass is 340 g/mol. The second-order valence-corrected chi connectivity index (χ2v) is 6.46. The van der Waals surface area contributed by atoms with Crippen LogP contribution in [0.25, 0.3) is 17.1 Å². The first-order valence-electron chi connectivity index (χ1n) is 8.14. The van der Waals surface area contributed by atoms with Gasteiger partial charge in [-0.15, -0.1) is 0 Å². The molecule has 0 amide bonds. The maximum Gasteiger partial charge on any atom is 0.145 e. The standard InChI is InChI=1S/C17H20N6O2/c1-22-9-19-7-11(22)3-2-10-6-13(15(25)14(10)24)23-5-4-12-16(18)20-8-21-17(12)23/h2-5,7-10,13-15,24-25H,6H2,1H3,(H2,18,20,21)/b3-2+/t10-,13+,14+,15-/m0/s1. The summed E-state index contributed by atoms with van der Waals surface area (Å²) in [4.78, 5) is 12.3. The Balaban J connectivity index is 1.62. The van der Waals surface area contributed by atoms with Crippen molar-refractivity contribution in [1.82, 2.24) is 24.1 Å². The highest BCUT2D eigenvalue weighted by Gasteiger charge is 2.41. The van der Waals surface area contributed by atoms with Crippen LogP contribution in [0, 0.1) is 5.92 Å². The number of hydrogen-bond donors (Lipinski definition) is 3. The van der Waals surface area contributed by atoms with Crippen LogP contribution in [0.2, 0.25) is 0 Å². The molecule has 1 fully saturated rings. The SMILES string of the molecule is Cn1cncc1/C=C/[C@H]1C[C@@H](n2ccc3c(N)ncnc32)[C@H](O)[C@@H]1O. The normalized spacial score (nSPS) is 26.8. The highest BCUT2D eigenvalue weighted by atomic mass is 16.3. The van der Waals surface area contributed by atoms with Crippen molar-refractivity contribution in [2.45, 2.75) is 24.7 Å². The van der Waals surface area contributed by atoms with Crippen LogP contribution in [0.4, 0.5) is 5.82 Å². The maximum atomic E-state index is 10.5. The molecule has 3 aromatic rings. The Morgan fingerprint density at radius 1 is 1.28 bits per heavy atom. The highest BCUT2D eigenvalue weighted by Crippen LogP contribution is 2.38. The van der Waals surface area contributed by atoms with Crippen molar-refractivity contribution in [2.75, 3.05) is 5.73 Å². The zero-order valence-electron chi connectivity index (χ0n) is 13.8. The number of rotatable bonds is 3. The van der Waals surface area contributed by atoms with Crippen LogP contribution >= 0.6 is 0 Å². The topological polar surface area (TPSA) is 115 Å². The van der Waals surface area contributed by atoms with Crippen LogP contribution in [0.3, 0.4) is 0 Å². The molecule has 0 unspecified atom stereocenters. The average Bonchev–Trinajstić information content (AvgIpc) is 3.27. The number of aromatic nitrogens is 5. The van der Waals surface area contributed by atoms with Crippen LogP contribution in [0.15, 0.2) is 37.2 Å². The summed E-state index contributed by atoms with van der Waals surface area (Å²) in [5.74, 6) is 0.246. The average molecular weight is 340 g/mol. The molecule has 4 rings (SSSR count). The molecule has 1 aliphatic rings. The quantitative estimate of drug-likeness (QED) is 0.648. The largest absolute Gasteiger partial charge is 0.390 e. The number of aliphatic hydroxyl groups is 2. The third-order valence-corrected chi connectivity index (χ3v) is 4.96. The molecule has 3 aromatic heterocycles. The zero-order chi connectivity index (χ0) is 17.6. The highest BCUT2D eigenvalue weighted by molar-refractivity contribution is 5.86. The Labute approximate surface area is 144 Å². The molecule has 0 bridgehead atoms. The first-order valence-corrected chi connectivity index (χ1v) is 8.14. The van der Waals surface area contributed by atoms with Gasteiger partial charge in [0.05, 0.1) is 35.8 Å². The van der Waals surface area contributed by atoms with E-state index in [1.165, 1.54) is 6.33 Å². The maximum absolute atomic E-state index is 10.5. The Morgan fingerprint density at radius 3 is 2.88 bits per heavy atom. The van der Waals surface area contributed by atoms with E-state index in [4.69, 9.17) is 5.73 Å². The van der Waals surface area contributed by atoms with Crippen molar-refractivity contribution in [2.24, 2.45) is 13.0 Å². The van der Waals surface area contributed by atoms with Crippen molar-refractivity contribution >= 4 is 22.9 Å². The summed E-state index contributed by atoms with van der Waals surface area (Å²) in [5, 5.41) is 21.7. The third-order valence-electron chi connectivity index (χ3n) is 4.96. The fraction of sp³-hybridized carbons (Fsp3) is 0.353. The van der Waals surface area contributed by atoms with Gasteiger partial charge in [0.25, 0.3) is 0 Å². The molecule has 4 N–H and O–H groups in total. The smallest absolute Gasteiger partial charge is 0.145 e. The van der Waals surface area contributed by atoms with Gasteiger partial charge in [-0.3, -0.25) is 0 Å². The van der Waals surface area contributed by atoms with Gasteiger partial charge in [-0.1, -0.05) is 6.08 Å². The molecule has 130 valence electrons. The summed E-state index contributed by atoms with van der Waals surface area (Å²) in [6, 6.07) is 1.56. The summed E-state index contributed by atoms with van der Waals surface area (Å²) >= 11 is 0. The van der Waals surface area contributed by atoms with Gasteiger partial charge in [0.15, 0.2) is 0 Å². The van der Waals surface area contributed by atoms with Crippen LogP contribution in [-0.4, -0.2) is 46.5 Å². The van der Waals surface area contributed by atoms with Crippen LogP contribution in [0.1, 0.15) is 18.2 Å². The van der Waals surface area contributed by atoms with E-state index in [-0.39, 0.29) is 12.0 Å². The number of fused-ring (bicyclic) bond motifs is 1. The first kappa shape index (κ1) is 15.8. The molecule has 0 aliphatic heterocycles. The van der Waals surface area contributed by atoms with Crippen molar-refractivity contribution in [1.29, 1.82) is 0 Å². The predicted molar refractivity (Wildman–Crippen MR) is 93.3 cm³/mol. The van der Waals surface area contributed by atoms with E-state index in [0.29, 0.717) is 17.9 Å². The molecule has 0 radical (unpaired) electrons. The summed E-state index contributed by atoms with van der Waals surface area (Å²) < 4.78 is 3.77. The van der Waals surface area contributed by atoms with Crippen LogP contribution in [-0.2, 0) is 7.05 Å². The van der Waals surface area contributed by atoms with Crippen molar-refractivity contribution in [3.05, 3.63) is 42.9 Å². The van der Waals surface area contributed by atoms with Gasteiger partial charge < -0.3 is 25.1 Å². The number of nitrogen functional groups attached to an aromatic ring is 1. The molecule has 3 heterocycles. The first-order chi connectivity index (χ1) is 12.1. The lowest BCUT2D eigenvalue weighted by Gasteiger charge is -2.18. The van der Waals surface area contributed by atoms with E-state index in [1.807, 2.05) is 40.6 Å². The molecule has 1 aliphatic carbocycles. The number of imidazole rings is 1. The predicted octanol–water partition coefficient (Wildman–Crippen LogP) is 0.743. The Hall–Kier alpha value is -2.71. The van der Waals surface area contributed by atoms with E-state index in [1.54, 1.807) is 12.5 Å². The summed E-state index contributed by atoms with van der Waals surface area (Å²) in [7, 11) is 1.91. The molecular formula is C17H20N6O2. The van der Waals surface area contributed by atoms with Gasteiger partial charge in [-0.25, -0.2) is 15.0 Å². The minimum absolute atomic E-state index is 0.161. The third kappa shape index (κ3) is 2.59. The van der Waals surface area contributed by atoms with Gasteiger partial charge in [-0.05, 0) is 18.6 Å². The van der Waals surface area contributed by atoms with Crippen molar-refractivity contribution in [3.8, 4) is 0 Å². The van der Waals surface area contributed by atoms with E-state index in [0.717, 1.165) is 11.1 Å². The number of aryl methyl sites for hydroxylation is 1. The van der Waals surface area contributed by atoms with Gasteiger partial charge in [-0.2, -0.15) is 0 Å². The second kappa shape index (κ2) is 5.98. The molecular weight excluding hydrogens is 320 g/mol. The lowest BCUT2D eigenvalue weighted by Crippen LogP contribution is -2.29. The van der Waals surface area contributed by atoms with Gasteiger partial charge in [0, 0.05) is 19.2 Å². The van der Waals surface area contributed by atoms with Gasteiger partial charge >= 0.3 is 0 Å². The molecule has 4 atom stereocenters. The minimum Gasteiger partial charge on any atom is -0.390 e. The molecule has 1 saturated carbocycles. The van der Waals surface area contributed by atoms with Gasteiger partial charge in [0.1, 0.15) is 23.9 Å². The molecule has 25 heavy (non-hydrogen) atoms. The van der Waals surface area contributed by atoms with Crippen molar-refractivity contribution in [3.63, 3.8) is 0 Å². The number of nitrogens with zero attached hydrogens (tertiary/aromatic N) is 5. The summed E-state index contributed by atoms with van der Waals surface area (Å²) in [5.41, 5.74) is 7.49. The number of anilines is 1. The number of hydrogen-bond acceptors (Lipinski definition) is 6.